The van der Waals surface area contributed by atoms with Crippen molar-refractivity contribution in [3.63, 3.8) is 0 Å². The standard InChI is InChI=1S/C20H22O5/c1-3-5-7-9-11-24-19(22)16-13-17(15-18(21)14-16)20(23)25-12-10-8-6-4-2/h3-10,13-15,21H,11-12H2,1-2H3/b5-3+,6-4+,9-7+,10-8+. The van der Waals surface area contributed by atoms with E-state index in [0.29, 0.717) is 0 Å². The molecule has 1 aromatic rings. The van der Waals surface area contributed by atoms with Crippen LogP contribution in [-0.2, 0) is 9.47 Å². The minimum Gasteiger partial charge on any atom is -0.508 e. The van der Waals surface area contributed by atoms with E-state index in [1.54, 1.807) is 36.5 Å². The highest BCUT2D eigenvalue weighted by atomic mass is 16.5. The highest BCUT2D eigenvalue weighted by Gasteiger charge is 2.14. The molecule has 1 rings (SSSR count). The van der Waals surface area contributed by atoms with Crippen LogP contribution in [0.2, 0.25) is 0 Å². The lowest BCUT2D eigenvalue weighted by Crippen LogP contribution is -2.09. The lowest BCUT2D eigenvalue weighted by Gasteiger charge is -2.06. The van der Waals surface area contributed by atoms with Crippen molar-refractivity contribution >= 4 is 11.9 Å². The highest BCUT2D eigenvalue weighted by Crippen LogP contribution is 2.17. The van der Waals surface area contributed by atoms with Crippen molar-refractivity contribution in [3.8, 4) is 5.75 Å². The second-order valence-electron chi connectivity index (χ2n) is 4.87. The molecular weight excluding hydrogens is 320 g/mol. The summed E-state index contributed by atoms with van der Waals surface area (Å²) in [5.74, 6) is -1.48. The predicted octanol–water partition coefficient (Wildman–Crippen LogP) is 3.97. The maximum absolute atomic E-state index is 12.0. The second-order valence-corrected chi connectivity index (χ2v) is 4.87. The van der Waals surface area contributed by atoms with Crippen LogP contribution in [-0.4, -0.2) is 30.3 Å². The maximum Gasteiger partial charge on any atom is 0.338 e. The van der Waals surface area contributed by atoms with E-state index in [-0.39, 0.29) is 30.1 Å². The van der Waals surface area contributed by atoms with Crippen molar-refractivity contribution < 1.29 is 24.2 Å². The molecule has 25 heavy (non-hydrogen) atoms. The summed E-state index contributed by atoms with van der Waals surface area (Å²) in [5, 5.41) is 9.71. The van der Waals surface area contributed by atoms with E-state index in [4.69, 9.17) is 9.47 Å². The summed E-state index contributed by atoms with van der Waals surface area (Å²) in [6.45, 7) is 3.93. The molecule has 5 nitrogen and oxygen atoms in total. The molecule has 0 radical (unpaired) electrons. The molecule has 0 aliphatic rings. The van der Waals surface area contributed by atoms with Crippen LogP contribution in [0.3, 0.4) is 0 Å². The molecule has 1 N–H and O–H groups in total. The molecule has 132 valence electrons. The Morgan fingerprint density at radius 2 is 1.28 bits per heavy atom. The van der Waals surface area contributed by atoms with Gasteiger partial charge in [0.25, 0.3) is 0 Å². The largest absolute Gasteiger partial charge is 0.508 e. The fourth-order valence-electron chi connectivity index (χ4n) is 1.75. The highest BCUT2D eigenvalue weighted by molar-refractivity contribution is 5.96. The van der Waals surface area contributed by atoms with Crippen LogP contribution in [0, 0.1) is 0 Å². The molecule has 0 atom stereocenters. The van der Waals surface area contributed by atoms with Gasteiger partial charge in [-0.2, -0.15) is 0 Å². The first-order valence-corrected chi connectivity index (χ1v) is 7.82. The van der Waals surface area contributed by atoms with Crippen LogP contribution in [0.5, 0.6) is 5.75 Å². The number of phenolic OH excluding ortho intramolecular Hbond substituents is 1. The molecule has 1 aromatic carbocycles. The summed E-state index contributed by atoms with van der Waals surface area (Å²) < 4.78 is 10.1. The Morgan fingerprint density at radius 3 is 1.68 bits per heavy atom. The number of hydrogen-bond donors (Lipinski definition) is 1. The van der Waals surface area contributed by atoms with Gasteiger partial charge >= 0.3 is 11.9 Å². The van der Waals surface area contributed by atoms with Gasteiger partial charge in [0.15, 0.2) is 0 Å². The van der Waals surface area contributed by atoms with Crippen molar-refractivity contribution in [1.29, 1.82) is 0 Å². The molecule has 0 spiro atoms. The molecular formula is C20H22O5. The molecule has 0 saturated carbocycles. The molecule has 0 aromatic heterocycles. The van der Waals surface area contributed by atoms with Gasteiger partial charge in [0.05, 0.1) is 11.1 Å². The normalized spacial score (nSPS) is 11.8. The van der Waals surface area contributed by atoms with Crippen molar-refractivity contribution in [1.82, 2.24) is 0 Å². The van der Waals surface area contributed by atoms with Crippen molar-refractivity contribution in [2.45, 2.75) is 13.8 Å². The molecule has 0 fully saturated rings. The van der Waals surface area contributed by atoms with Gasteiger partial charge in [-0.25, -0.2) is 9.59 Å². The van der Waals surface area contributed by atoms with Crippen molar-refractivity contribution in [2.24, 2.45) is 0 Å². The van der Waals surface area contributed by atoms with E-state index < -0.39 is 11.9 Å². The number of benzene rings is 1. The summed E-state index contributed by atoms with van der Waals surface area (Å²) in [4.78, 5) is 24.0. The van der Waals surface area contributed by atoms with Gasteiger partial charge in [0.2, 0.25) is 0 Å². The zero-order chi connectivity index (χ0) is 18.5. The van der Waals surface area contributed by atoms with Crippen molar-refractivity contribution in [2.75, 3.05) is 13.2 Å². The van der Waals surface area contributed by atoms with E-state index >= 15 is 0 Å². The smallest absolute Gasteiger partial charge is 0.338 e. The lowest BCUT2D eigenvalue weighted by molar-refractivity contribution is 0.0547. The van der Waals surface area contributed by atoms with E-state index in [0.717, 1.165) is 0 Å². The number of carbonyl (C=O) groups is 2. The van der Waals surface area contributed by atoms with Gasteiger partial charge in [-0.1, -0.05) is 36.5 Å². The van der Waals surface area contributed by atoms with Gasteiger partial charge in [-0.3, -0.25) is 0 Å². The average molecular weight is 342 g/mol. The van der Waals surface area contributed by atoms with Crippen LogP contribution < -0.4 is 0 Å². The minimum atomic E-state index is -0.636. The number of phenols is 1. The molecule has 0 unspecified atom stereocenters. The summed E-state index contributed by atoms with van der Waals surface area (Å²) in [5.41, 5.74) is 0.159. The van der Waals surface area contributed by atoms with Gasteiger partial charge in [0.1, 0.15) is 19.0 Å². The number of rotatable bonds is 8. The number of allylic oxidation sites excluding steroid dienone is 6. The van der Waals surface area contributed by atoms with Gasteiger partial charge in [-0.15, -0.1) is 0 Å². The molecule has 0 saturated heterocycles. The fraction of sp³-hybridized carbons (Fsp3) is 0.200. The Balaban J connectivity index is 2.71. The monoisotopic (exact) mass is 342 g/mol. The predicted molar refractivity (Wildman–Crippen MR) is 96.6 cm³/mol. The van der Waals surface area contributed by atoms with Crippen LogP contribution in [0.15, 0.2) is 66.8 Å². The fourth-order valence-corrected chi connectivity index (χ4v) is 1.75. The second kappa shape index (κ2) is 11.5. The van der Waals surface area contributed by atoms with Crippen LogP contribution in [0.25, 0.3) is 0 Å². The Kier molecular flexibility index (Phi) is 9.15. The summed E-state index contributed by atoms with van der Waals surface area (Å²) >= 11 is 0. The third-order valence-electron chi connectivity index (χ3n) is 2.89. The summed E-state index contributed by atoms with van der Waals surface area (Å²) in [6, 6.07) is 3.80. The first kappa shape index (κ1) is 20.0. The maximum atomic E-state index is 12.0. The third kappa shape index (κ3) is 7.83. The molecule has 0 heterocycles. The van der Waals surface area contributed by atoms with Gasteiger partial charge in [-0.05, 0) is 44.2 Å². The topological polar surface area (TPSA) is 72.8 Å². The number of hydrogen-bond acceptors (Lipinski definition) is 5. The first-order chi connectivity index (χ1) is 12.1. The molecule has 0 bridgehead atoms. The van der Waals surface area contributed by atoms with Gasteiger partial charge < -0.3 is 14.6 Å². The van der Waals surface area contributed by atoms with E-state index in [1.807, 2.05) is 26.0 Å². The number of carbonyl (C=O) groups excluding carboxylic acids is 2. The Bertz CT molecular complexity index is 640. The lowest BCUT2D eigenvalue weighted by atomic mass is 10.1. The van der Waals surface area contributed by atoms with Crippen LogP contribution in [0.4, 0.5) is 0 Å². The summed E-state index contributed by atoms with van der Waals surface area (Å²) in [7, 11) is 0. The zero-order valence-corrected chi connectivity index (χ0v) is 14.3. The third-order valence-corrected chi connectivity index (χ3v) is 2.89. The minimum absolute atomic E-state index is 0.0795. The van der Waals surface area contributed by atoms with E-state index in [1.165, 1.54) is 18.2 Å². The Hall–Kier alpha value is -3.08. The van der Waals surface area contributed by atoms with Gasteiger partial charge in [0, 0.05) is 0 Å². The number of esters is 2. The average Bonchev–Trinajstić information content (AvgIpc) is 2.60. The zero-order valence-electron chi connectivity index (χ0n) is 14.3. The van der Waals surface area contributed by atoms with Crippen LogP contribution >= 0.6 is 0 Å². The number of aromatic hydroxyl groups is 1. The SMILES string of the molecule is C/C=C/C=C/COC(=O)c1cc(O)cc(C(=O)OC/C=C/C=C/C)c1. The quantitative estimate of drug-likeness (QED) is 0.571. The van der Waals surface area contributed by atoms with E-state index in [2.05, 4.69) is 0 Å². The molecule has 0 aliphatic carbocycles. The van der Waals surface area contributed by atoms with E-state index in [9.17, 15) is 14.7 Å². The number of ether oxygens (including phenoxy) is 2. The first-order valence-electron chi connectivity index (χ1n) is 7.82. The molecule has 0 amide bonds. The van der Waals surface area contributed by atoms with Crippen LogP contribution in [0.1, 0.15) is 34.6 Å². The Morgan fingerprint density at radius 1 is 0.840 bits per heavy atom. The summed E-state index contributed by atoms with van der Waals surface area (Å²) in [6.07, 6.45) is 14.2. The molecule has 5 heteroatoms. The van der Waals surface area contributed by atoms with Crippen molar-refractivity contribution in [3.05, 3.63) is 77.9 Å². The Labute approximate surface area is 147 Å². The molecule has 0 aliphatic heterocycles.